The van der Waals surface area contributed by atoms with Crippen LogP contribution in [0.4, 0.5) is 18.9 Å². The Morgan fingerprint density at radius 1 is 0.968 bits per heavy atom. The van der Waals surface area contributed by atoms with Crippen molar-refractivity contribution in [2.75, 3.05) is 5.32 Å². The lowest BCUT2D eigenvalue weighted by molar-refractivity contribution is -0.177. The number of aryl methyl sites for hydroxylation is 2. The first-order valence-corrected chi connectivity index (χ1v) is 9.62. The molecular formula is C24H19F3N4. The summed E-state index contributed by atoms with van der Waals surface area (Å²) in [6.45, 7) is 3.71. The topological polar surface area (TPSA) is 51.4 Å². The number of hydrogen-bond acceptors (Lipinski definition) is 4. The molecule has 4 rings (SSSR count). The summed E-state index contributed by atoms with van der Waals surface area (Å²) in [5, 5.41) is 12.9. The van der Waals surface area contributed by atoms with Gasteiger partial charge in [-0.1, -0.05) is 53.6 Å². The van der Waals surface area contributed by atoms with Crippen molar-refractivity contribution in [3.63, 3.8) is 0 Å². The molecule has 0 amide bonds. The van der Waals surface area contributed by atoms with Gasteiger partial charge in [-0.3, -0.25) is 4.90 Å². The normalized spacial score (nSPS) is 20.3. The Balaban J connectivity index is 1.98. The van der Waals surface area contributed by atoms with Gasteiger partial charge in [0.15, 0.2) is 0 Å². The molecule has 0 aliphatic carbocycles. The fourth-order valence-corrected chi connectivity index (χ4v) is 3.65. The largest absolute Gasteiger partial charge is 0.422 e. The van der Waals surface area contributed by atoms with Crippen LogP contribution in [0.1, 0.15) is 16.7 Å². The summed E-state index contributed by atoms with van der Waals surface area (Å²) in [4.78, 5) is 5.65. The lowest BCUT2D eigenvalue weighted by atomic mass is 9.80. The summed E-state index contributed by atoms with van der Waals surface area (Å²) in [5.74, 6) is -0.0173. The minimum atomic E-state index is -4.85. The zero-order valence-electron chi connectivity index (χ0n) is 16.9. The van der Waals surface area contributed by atoms with E-state index >= 15 is 0 Å². The number of halogens is 3. The second-order valence-corrected chi connectivity index (χ2v) is 7.44. The monoisotopic (exact) mass is 420 g/mol. The average Bonchev–Trinajstić information content (AvgIpc) is 2.75. The molecule has 0 unspecified atom stereocenters. The van der Waals surface area contributed by atoms with Crippen LogP contribution in [0.15, 0.2) is 89.2 Å². The summed E-state index contributed by atoms with van der Waals surface area (Å²) >= 11 is 0. The number of alkyl halides is 3. The Morgan fingerprint density at radius 2 is 1.58 bits per heavy atom. The van der Waals surface area contributed by atoms with E-state index < -0.39 is 17.3 Å². The number of anilines is 1. The minimum Gasteiger partial charge on any atom is -0.326 e. The second-order valence-electron chi connectivity index (χ2n) is 7.44. The third-order valence-corrected chi connectivity index (χ3v) is 5.28. The predicted octanol–water partition coefficient (Wildman–Crippen LogP) is 5.71. The van der Waals surface area contributed by atoms with Gasteiger partial charge in [0.25, 0.3) is 0 Å². The first kappa shape index (κ1) is 20.5. The van der Waals surface area contributed by atoms with Crippen LogP contribution in [-0.4, -0.2) is 17.0 Å². The fraction of sp³-hybridized carbons (Fsp3) is 0.167. The zero-order valence-corrected chi connectivity index (χ0v) is 16.9. The molecule has 0 spiro atoms. The number of nitrogens with zero attached hydrogens (tertiary/aromatic N) is 3. The number of guanidine groups is 1. The summed E-state index contributed by atoms with van der Waals surface area (Å²) in [6.07, 6.45) is 1.52. The molecule has 0 saturated carbocycles. The smallest absolute Gasteiger partial charge is 0.326 e. The van der Waals surface area contributed by atoms with Gasteiger partial charge in [-0.2, -0.15) is 18.4 Å². The van der Waals surface area contributed by atoms with Crippen molar-refractivity contribution in [1.29, 1.82) is 5.26 Å². The maximum Gasteiger partial charge on any atom is 0.422 e. The molecular weight excluding hydrogens is 401 g/mol. The summed E-state index contributed by atoms with van der Waals surface area (Å²) in [7, 11) is 0. The number of aliphatic imine (C=N–C) groups is 1. The third kappa shape index (κ3) is 3.40. The van der Waals surface area contributed by atoms with E-state index in [2.05, 4.69) is 10.3 Å². The molecule has 31 heavy (non-hydrogen) atoms. The number of hydrogen-bond donors (Lipinski definition) is 1. The number of allylic oxidation sites excluding steroid dienone is 3. The maximum absolute atomic E-state index is 14.8. The minimum absolute atomic E-state index is 0.0173. The van der Waals surface area contributed by atoms with Crippen LogP contribution in [0.25, 0.3) is 0 Å². The molecule has 156 valence electrons. The van der Waals surface area contributed by atoms with E-state index in [1.807, 2.05) is 19.1 Å². The van der Waals surface area contributed by atoms with Crippen molar-refractivity contribution in [3.05, 3.63) is 101 Å². The molecule has 0 saturated heterocycles. The van der Waals surface area contributed by atoms with Crippen LogP contribution in [0.3, 0.4) is 0 Å². The Hall–Kier alpha value is -3.79. The molecule has 2 aromatic rings. The van der Waals surface area contributed by atoms with Gasteiger partial charge >= 0.3 is 6.18 Å². The zero-order chi connectivity index (χ0) is 22.2. The highest BCUT2D eigenvalue weighted by Crippen LogP contribution is 2.51. The van der Waals surface area contributed by atoms with Crippen molar-refractivity contribution in [1.82, 2.24) is 4.90 Å². The van der Waals surface area contributed by atoms with Crippen molar-refractivity contribution in [3.8, 4) is 6.07 Å². The lowest BCUT2D eigenvalue weighted by Crippen LogP contribution is -2.50. The summed E-state index contributed by atoms with van der Waals surface area (Å²) in [5.41, 5.74) is -0.858. The Kier molecular flexibility index (Phi) is 4.94. The van der Waals surface area contributed by atoms with Crippen LogP contribution in [0.5, 0.6) is 0 Å². The fourth-order valence-electron chi connectivity index (χ4n) is 3.65. The van der Waals surface area contributed by atoms with Crippen molar-refractivity contribution >= 4 is 11.6 Å². The first-order valence-electron chi connectivity index (χ1n) is 9.62. The number of nitriles is 1. The molecule has 0 fully saturated rings. The Morgan fingerprint density at radius 3 is 2.16 bits per heavy atom. The van der Waals surface area contributed by atoms with Crippen LogP contribution >= 0.6 is 0 Å². The van der Waals surface area contributed by atoms with E-state index in [0.29, 0.717) is 5.69 Å². The molecule has 0 bridgehead atoms. The highest BCUT2D eigenvalue weighted by Gasteiger charge is 2.62. The molecule has 0 aromatic heterocycles. The van der Waals surface area contributed by atoms with Crippen molar-refractivity contribution in [2.24, 2.45) is 4.99 Å². The maximum atomic E-state index is 14.8. The number of rotatable bonds is 2. The molecule has 4 nitrogen and oxygen atoms in total. The molecule has 0 radical (unpaired) electrons. The first-order chi connectivity index (χ1) is 14.8. The highest BCUT2D eigenvalue weighted by atomic mass is 19.4. The second kappa shape index (κ2) is 7.47. The molecule has 2 aliphatic heterocycles. The van der Waals surface area contributed by atoms with Gasteiger partial charge in [0, 0.05) is 11.9 Å². The molecule has 2 heterocycles. The Bertz CT molecular complexity index is 1160. The van der Waals surface area contributed by atoms with E-state index in [1.165, 1.54) is 23.1 Å². The van der Waals surface area contributed by atoms with Gasteiger partial charge < -0.3 is 5.32 Å². The number of benzene rings is 2. The summed E-state index contributed by atoms with van der Waals surface area (Å²) < 4.78 is 44.3. The van der Waals surface area contributed by atoms with E-state index in [4.69, 9.17) is 0 Å². The standard InChI is InChI=1S/C24H19F3N4/c1-16-6-10-18(11-7-16)23(24(25,26)27)20(15-28)21-5-3-4-14-31(21)22(30-23)29-19-12-8-17(2)9-13-19/h3-14H,1-2H3,(H,29,30)/t23-/m0/s1. The van der Waals surface area contributed by atoms with E-state index in [0.717, 1.165) is 11.1 Å². The summed E-state index contributed by atoms with van der Waals surface area (Å²) in [6, 6.07) is 15.0. The van der Waals surface area contributed by atoms with Gasteiger partial charge in [-0.25, -0.2) is 4.99 Å². The van der Waals surface area contributed by atoms with Crippen LogP contribution < -0.4 is 5.32 Å². The average molecular weight is 420 g/mol. The van der Waals surface area contributed by atoms with Crippen LogP contribution in [0.2, 0.25) is 0 Å². The van der Waals surface area contributed by atoms with E-state index in [1.54, 1.807) is 55.6 Å². The molecule has 1 N–H and O–H groups in total. The molecule has 1 atom stereocenters. The van der Waals surface area contributed by atoms with E-state index in [9.17, 15) is 18.4 Å². The van der Waals surface area contributed by atoms with Crippen molar-refractivity contribution in [2.45, 2.75) is 25.6 Å². The number of nitrogens with one attached hydrogen (secondary N) is 1. The Labute approximate surface area is 178 Å². The highest BCUT2D eigenvalue weighted by molar-refractivity contribution is 5.98. The van der Waals surface area contributed by atoms with E-state index in [-0.39, 0.29) is 17.2 Å². The van der Waals surface area contributed by atoms with Gasteiger partial charge in [0.05, 0.1) is 11.3 Å². The SMILES string of the molecule is Cc1ccc(NC2=N[C@](c3ccc(C)cc3)(C(F)(F)F)C(C#N)=C3C=CC=CN23)cc1. The van der Waals surface area contributed by atoms with Gasteiger partial charge in [0.1, 0.15) is 6.07 Å². The molecule has 2 aliphatic rings. The third-order valence-electron chi connectivity index (χ3n) is 5.28. The number of fused-ring (bicyclic) bond motifs is 1. The van der Waals surface area contributed by atoms with Gasteiger partial charge in [-0.05, 0) is 43.7 Å². The van der Waals surface area contributed by atoms with Crippen LogP contribution in [0, 0.1) is 25.2 Å². The molecule has 7 heteroatoms. The van der Waals surface area contributed by atoms with Gasteiger partial charge in [-0.15, -0.1) is 0 Å². The van der Waals surface area contributed by atoms with Crippen molar-refractivity contribution < 1.29 is 13.2 Å². The molecule has 2 aromatic carbocycles. The predicted molar refractivity (Wildman–Crippen MR) is 114 cm³/mol. The quantitative estimate of drug-likeness (QED) is 0.678. The van der Waals surface area contributed by atoms with Crippen LogP contribution in [-0.2, 0) is 5.54 Å². The van der Waals surface area contributed by atoms with Gasteiger partial charge in [0.2, 0.25) is 11.5 Å². The lowest BCUT2D eigenvalue weighted by Gasteiger charge is -2.41.